The lowest BCUT2D eigenvalue weighted by molar-refractivity contribution is -0.244. The highest BCUT2D eigenvalue weighted by molar-refractivity contribution is 5.58. The summed E-state index contributed by atoms with van der Waals surface area (Å²) in [5, 5.41) is 0. The molecule has 0 bridgehead atoms. The number of fused-ring (bicyclic) bond motifs is 1. The normalized spacial score (nSPS) is 20.2. The van der Waals surface area contributed by atoms with Gasteiger partial charge < -0.3 is 9.68 Å². The highest BCUT2D eigenvalue weighted by Gasteiger charge is 2.20. The van der Waals surface area contributed by atoms with Crippen LogP contribution in [0.5, 0.6) is 5.75 Å². The summed E-state index contributed by atoms with van der Waals surface area (Å²) in [5.41, 5.74) is 2.14. The maximum Gasteiger partial charge on any atom is 0.168 e. The lowest BCUT2D eigenvalue weighted by Crippen LogP contribution is -2.24. The molecule has 0 aliphatic carbocycles. The Hall–Kier alpha value is -1.35. The van der Waals surface area contributed by atoms with Crippen molar-refractivity contribution in [2.75, 3.05) is 0 Å². The summed E-state index contributed by atoms with van der Waals surface area (Å²) >= 11 is 0. The van der Waals surface area contributed by atoms with E-state index < -0.39 is 6.10 Å². The van der Waals surface area contributed by atoms with Crippen LogP contribution in [0.15, 0.2) is 18.2 Å². The number of benzene rings is 1. The standard InChI is InChI=1S/C10H10O3/c1-7-2-3-8-5-9(6-11)12-13-10(8)4-7/h2-4,6,9H,5H2,1H3. The molecule has 0 amide bonds. The number of carbonyl (C=O) groups excluding carboxylic acids is 1. The third kappa shape index (κ3) is 1.55. The van der Waals surface area contributed by atoms with E-state index in [2.05, 4.69) is 0 Å². The minimum Gasteiger partial charge on any atom is -0.337 e. The van der Waals surface area contributed by atoms with Crippen molar-refractivity contribution < 1.29 is 14.6 Å². The van der Waals surface area contributed by atoms with Crippen molar-refractivity contribution in [3.05, 3.63) is 29.3 Å². The first-order valence-electron chi connectivity index (χ1n) is 4.18. The Balaban J connectivity index is 2.31. The van der Waals surface area contributed by atoms with Gasteiger partial charge in [0.1, 0.15) is 0 Å². The molecule has 0 fully saturated rings. The first-order chi connectivity index (χ1) is 6.29. The molecule has 1 aromatic carbocycles. The van der Waals surface area contributed by atoms with E-state index in [1.54, 1.807) is 0 Å². The third-order valence-electron chi connectivity index (χ3n) is 2.06. The predicted molar refractivity (Wildman–Crippen MR) is 46.4 cm³/mol. The zero-order valence-electron chi connectivity index (χ0n) is 7.32. The van der Waals surface area contributed by atoms with Gasteiger partial charge in [0.2, 0.25) is 0 Å². The molecule has 0 spiro atoms. The molecule has 1 atom stereocenters. The van der Waals surface area contributed by atoms with Crippen LogP contribution in [0.2, 0.25) is 0 Å². The van der Waals surface area contributed by atoms with Crippen LogP contribution >= 0.6 is 0 Å². The number of rotatable bonds is 1. The van der Waals surface area contributed by atoms with Gasteiger partial charge in [-0.3, -0.25) is 0 Å². The topological polar surface area (TPSA) is 35.5 Å². The van der Waals surface area contributed by atoms with Gasteiger partial charge in [-0.25, -0.2) is 0 Å². The van der Waals surface area contributed by atoms with Gasteiger partial charge in [0.25, 0.3) is 0 Å². The van der Waals surface area contributed by atoms with Crippen molar-refractivity contribution in [1.29, 1.82) is 0 Å². The zero-order valence-corrected chi connectivity index (χ0v) is 7.32. The number of hydrogen-bond donors (Lipinski definition) is 0. The van der Waals surface area contributed by atoms with Crippen LogP contribution in [-0.2, 0) is 16.1 Å². The molecule has 68 valence electrons. The number of carbonyl (C=O) groups is 1. The average molecular weight is 178 g/mol. The van der Waals surface area contributed by atoms with E-state index in [4.69, 9.17) is 9.78 Å². The van der Waals surface area contributed by atoms with Crippen LogP contribution in [0.3, 0.4) is 0 Å². The molecular formula is C10H10O3. The van der Waals surface area contributed by atoms with Crippen LogP contribution in [0.4, 0.5) is 0 Å². The minimum atomic E-state index is -0.463. The van der Waals surface area contributed by atoms with Crippen molar-refractivity contribution in [2.24, 2.45) is 0 Å². The number of hydrogen-bond acceptors (Lipinski definition) is 3. The molecule has 1 unspecified atom stereocenters. The molecule has 1 aliphatic rings. The Morgan fingerprint density at radius 3 is 3.15 bits per heavy atom. The second-order valence-corrected chi connectivity index (χ2v) is 3.17. The maximum absolute atomic E-state index is 10.4. The highest BCUT2D eigenvalue weighted by Crippen LogP contribution is 2.26. The van der Waals surface area contributed by atoms with Crippen LogP contribution in [-0.4, -0.2) is 12.4 Å². The van der Waals surface area contributed by atoms with E-state index in [-0.39, 0.29) is 0 Å². The lowest BCUT2D eigenvalue weighted by Gasteiger charge is -2.20. The SMILES string of the molecule is Cc1ccc2c(c1)OOC(C=O)C2. The van der Waals surface area contributed by atoms with Gasteiger partial charge >= 0.3 is 0 Å². The average Bonchev–Trinajstić information content (AvgIpc) is 2.17. The quantitative estimate of drug-likeness (QED) is 0.482. The second-order valence-electron chi connectivity index (χ2n) is 3.17. The van der Waals surface area contributed by atoms with Crippen LogP contribution in [0, 0.1) is 6.92 Å². The van der Waals surface area contributed by atoms with Crippen molar-refractivity contribution >= 4 is 6.29 Å². The Kier molecular flexibility index (Phi) is 2.02. The van der Waals surface area contributed by atoms with E-state index in [1.165, 1.54) is 0 Å². The zero-order chi connectivity index (χ0) is 9.26. The van der Waals surface area contributed by atoms with Gasteiger partial charge in [-0.1, -0.05) is 12.1 Å². The lowest BCUT2D eigenvalue weighted by atomic mass is 10.0. The number of aldehydes is 1. The predicted octanol–water partition coefficient (Wildman–Crippen LogP) is 1.43. The fraction of sp³-hybridized carbons (Fsp3) is 0.300. The number of aryl methyl sites for hydroxylation is 1. The Labute approximate surface area is 76.2 Å². The summed E-state index contributed by atoms with van der Waals surface area (Å²) in [6.45, 7) is 1.98. The largest absolute Gasteiger partial charge is 0.337 e. The summed E-state index contributed by atoms with van der Waals surface area (Å²) in [6, 6.07) is 5.86. The third-order valence-corrected chi connectivity index (χ3v) is 2.06. The molecule has 13 heavy (non-hydrogen) atoms. The van der Waals surface area contributed by atoms with E-state index >= 15 is 0 Å². The molecule has 3 nitrogen and oxygen atoms in total. The first-order valence-corrected chi connectivity index (χ1v) is 4.18. The molecule has 0 saturated carbocycles. The second kappa shape index (κ2) is 3.18. The maximum atomic E-state index is 10.4. The van der Waals surface area contributed by atoms with Gasteiger partial charge in [-0.15, -0.1) is 0 Å². The highest BCUT2D eigenvalue weighted by atomic mass is 17.2. The van der Waals surface area contributed by atoms with Crippen molar-refractivity contribution in [2.45, 2.75) is 19.4 Å². The van der Waals surface area contributed by atoms with Gasteiger partial charge in [0, 0.05) is 12.0 Å². The van der Waals surface area contributed by atoms with Crippen molar-refractivity contribution in [1.82, 2.24) is 0 Å². The molecule has 0 N–H and O–H groups in total. The van der Waals surface area contributed by atoms with Gasteiger partial charge in [0.15, 0.2) is 18.1 Å². The fourth-order valence-corrected chi connectivity index (χ4v) is 1.34. The summed E-state index contributed by atoms with van der Waals surface area (Å²) in [7, 11) is 0. The van der Waals surface area contributed by atoms with E-state index in [0.29, 0.717) is 6.42 Å². The van der Waals surface area contributed by atoms with E-state index in [1.807, 2.05) is 25.1 Å². The Morgan fingerprint density at radius 2 is 2.38 bits per heavy atom. The van der Waals surface area contributed by atoms with Crippen LogP contribution in [0.1, 0.15) is 11.1 Å². The monoisotopic (exact) mass is 178 g/mol. The summed E-state index contributed by atoms with van der Waals surface area (Å²) in [4.78, 5) is 20.2. The van der Waals surface area contributed by atoms with E-state index in [0.717, 1.165) is 23.2 Å². The first kappa shape index (κ1) is 8.26. The smallest absolute Gasteiger partial charge is 0.168 e. The van der Waals surface area contributed by atoms with Gasteiger partial charge in [0.05, 0.1) is 0 Å². The minimum absolute atomic E-state index is 0.463. The summed E-state index contributed by atoms with van der Waals surface area (Å²) in [6.07, 6.45) is 0.886. The molecule has 0 aromatic heterocycles. The van der Waals surface area contributed by atoms with Gasteiger partial charge in [-0.2, -0.15) is 4.89 Å². The Morgan fingerprint density at radius 1 is 1.54 bits per heavy atom. The van der Waals surface area contributed by atoms with Crippen LogP contribution < -0.4 is 4.89 Å². The summed E-state index contributed by atoms with van der Waals surface area (Å²) in [5.74, 6) is 0.720. The molecule has 1 heterocycles. The molecule has 1 aromatic rings. The Bertz CT molecular complexity index is 333. The molecule has 0 radical (unpaired) electrons. The molecule has 3 heteroatoms. The van der Waals surface area contributed by atoms with E-state index in [9.17, 15) is 4.79 Å². The molecule has 1 aliphatic heterocycles. The van der Waals surface area contributed by atoms with Crippen molar-refractivity contribution in [3.8, 4) is 5.75 Å². The molecule has 0 saturated heterocycles. The van der Waals surface area contributed by atoms with Crippen LogP contribution in [0.25, 0.3) is 0 Å². The fourth-order valence-electron chi connectivity index (χ4n) is 1.34. The summed E-state index contributed by atoms with van der Waals surface area (Å²) < 4.78 is 0. The molecule has 2 rings (SSSR count). The van der Waals surface area contributed by atoms with Crippen molar-refractivity contribution in [3.63, 3.8) is 0 Å². The van der Waals surface area contributed by atoms with Gasteiger partial charge in [-0.05, 0) is 18.6 Å². The molecular weight excluding hydrogens is 168 g/mol.